The van der Waals surface area contributed by atoms with E-state index in [1.54, 1.807) is 36.5 Å². The molecule has 2 heterocycles. The number of rotatable bonds is 5. The van der Waals surface area contributed by atoms with Crippen molar-refractivity contribution in [2.75, 3.05) is 4.90 Å². The van der Waals surface area contributed by atoms with Crippen molar-refractivity contribution in [3.63, 3.8) is 0 Å². The summed E-state index contributed by atoms with van der Waals surface area (Å²) in [6, 6.07) is 9.13. The first-order valence-electron chi connectivity index (χ1n) is 8.81. The number of Topliss-reactive ketones (excluding diaryl/α,β-unsaturated/α-hetero) is 1. The van der Waals surface area contributed by atoms with Crippen molar-refractivity contribution in [3.05, 3.63) is 65.2 Å². The number of carbonyl (C=O) groups is 2. The minimum absolute atomic E-state index is 0.0216. The quantitative estimate of drug-likeness (QED) is 0.843. The molecular weight excluding hydrogens is 344 g/mol. The SMILES string of the molecule is Cc1ccc(O)c(N2C(=O)C(O)=C(C(=O)CC(C)C)C2c2ccccn2)c1. The molecule has 0 radical (unpaired) electrons. The van der Waals surface area contributed by atoms with Gasteiger partial charge in [-0.05, 0) is 42.7 Å². The highest BCUT2D eigenvalue weighted by Gasteiger charge is 2.45. The number of ketones is 1. The molecular formula is C21H22N2O4. The van der Waals surface area contributed by atoms with Crippen molar-refractivity contribution in [3.8, 4) is 5.75 Å². The van der Waals surface area contributed by atoms with Crippen LogP contribution in [0.1, 0.15) is 37.6 Å². The second-order valence-corrected chi connectivity index (χ2v) is 7.11. The van der Waals surface area contributed by atoms with Crippen LogP contribution in [0.15, 0.2) is 53.9 Å². The van der Waals surface area contributed by atoms with Gasteiger partial charge >= 0.3 is 0 Å². The van der Waals surface area contributed by atoms with Gasteiger partial charge in [0, 0.05) is 12.6 Å². The first-order valence-corrected chi connectivity index (χ1v) is 8.81. The van der Waals surface area contributed by atoms with Crippen LogP contribution in [-0.2, 0) is 9.59 Å². The highest BCUT2D eigenvalue weighted by Crippen LogP contribution is 2.44. The summed E-state index contributed by atoms with van der Waals surface area (Å²) in [6.45, 7) is 5.62. The lowest BCUT2D eigenvalue weighted by molar-refractivity contribution is -0.118. The van der Waals surface area contributed by atoms with Gasteiger partial charge in [-0.3, -0.25) is 19.5 Å². The number of aryl methyl sites for hydroxylation is 1. The Morgan fingerprint density at radius 3 is 2.59 bits per heavy atom. The van der Waals surface area contributed by atoms with Gasteiger partial charge in [0.05, 0.1) is 17.0 Å². The van der Waals surface area contributed by atoms with Gasteiger partial charge in [-0.1, -0.05) is 26.0 Å². The number of hydrogen-bond donors (Lipinski definition) is 2. The van der Waals surface area contributed by atoms with Crippen LogP contribution in [0.5, 0.6) is 5.75 Å². The Labute approximate surface area is 157 Å². The number of aliphatic hydroxyl groups excluding tert-OH is 1. The van der Waals surface area contributed by atoms with E-state index in [1.165, 1.54) is 11.0 Å². The van der Waals surface area contributed by atoms with E-state index in [-0.39, 0.29) is 35.1 Å². The second-order valence-electron chi connectivity index (χ2n) is 7.11. The summed E-state index contributed by atoms with van der Waals surface area (Å²) in [5.41, 5.74) is 1.53. The fourth-order valence-corrected chi connectivity index (χ4v) is 3.26. The van der Waals surface area contributed by atoms with Crippen molar-refractivity contribution in [2.24, 2.45) is 5.92 Å². The molecule has 6 heteroatoms. The van der Waals surface area contributed by atoms with Gasteiger partial charge in [-0.25, -0.2) is 0 Å². The maximum atomic E-state index is 12.9. The Morgan fingerprint density at radius 1 is 1.22 bits per heavy atom. The van der Waals surface area contributed by atoms with Crippen molar-refractivity contribution >= 4 is 17.4 Å². The van der Waals surface area contributed by atoms with Crippen LogP contribution < -0.4 is 4.90 Å². The van der Waals surface area contributed by atoms with Gasteiger partial charge in [0.25, 0.3) is 5.91 Å². The molecule has 1 aromatic heterocycles. The molecule has 1 amide bonds. The Hall–Kier alpha value is -3.15. The van der Waals surface area contributed by atoms with Gasteiger partial charge in [-0.2, -0.15) is 0 Å². The third kappa shape index (κ3) is 3.43. The van der Waals surface area contributed by atoms with E-state index in [0.29, 0.717) is 5.69 Å². The van der Waals surface area contributed by atoms with Gasteiger partial charge in [0.2, 0.25) is 0 Å². The predicted octanol–water partition coefficient (Wildman–Crippen LogP) is 3.61. The zero-order chi connectivity index (χ0) is 19.7. The van der Waals surface area contributed by atoms with E-state index in [9.17, 15) is 19.8 Å². The number of phenols is 1. The lowest BCUT2D eigenvalue weighted by Crippen LogP contribution is -2.31. The average Bonchev–Trinajstić information content (AvgIpc) is 2.89. The lowest BCUT2D eigenvalue weighted by atomic mass is 9.94. The Morgan fingerprint density at radius 2 is 1.96 bits per heavy atom. The first-order chi connectivity index (χ1) is 12.8. The summed E-state index contributed by atoms with van der Waals surface area (Å²) >= 11 is 0. The predicted molar refractivity (Wildman–Crippen MR) is 101 cm³/mol. The fourth-order valence-electron chi connectivity index (χ4n) is 3.26. The highest BCUT2D eigenvalue weighted by atomic mass is 16.3. The average molecular weight is 366 g/mol. The third-order valence-corrected chi connectivity index (χ3v) is 4.46. The van der Waals surface area contributed by atoms with Crippen molar-refractivity contribution in [2.45, 2.75) is 33.2 Å². The molecule has 140 valence electrons. The zero-order valence-electron chi connectivity index (χ0n) is 15.5. The number of aromatic hydroxyl groups is 1. The normalized spacial score (nSPS) is 17.1. The van der Waals surface area contributed by atoms with Crippen molar-refractivity contribution in [1.82, 2.24) is 4.98 Å². The number of hydrogen-bond acceptors (Lipinski definition) is 5. The summed E-state index contributed by atoms with van der Waals surface area (Å²) < 4.78 is 0. The second kappa shape index (κ2) is 7.23. The molecule has 1 aliphatic rings. The van der Waals surface area contributed by atoms with Crippen LogP contribution in [-0.4, -0.2) is 26.9 Å². The Balaban J connectivity index is 2.18. The van der Waals surface area contributed by atoms with Crippen LogP contribution in [0.2, 0.25) is 0 Å². The number of nitrogens with zero attached hydrogens (tertiary/aromatic N) is 2. The van der Waals surface area contributed by atoms with E-state index in [4.69, 9.17) is 0 Å². The number of amides is 1. The number of anilines is 1. The molecule has 6 nitrogen and oxygen atoms in total. The lowest BCUT2D eigenvalue weighted by Gasteiger charge is -2.27. The Bertz CT molecular complexity index is 919. The van der Waals surface area contributed by atoms with Gasteiger partial charge in [0.15, 0.2) is 11.5 Å². The molecule has 2 N–H and O–H groups in total. The molecule has 0 bridgehead atoms. The zero-order valence-corrected chi connectivity index (χ0v) is 15.5. The van der Waals surface area contributed by atoms with Gasteiger partial charge in [-0.15, -0.1) is 0 Å². The number of phenolic OH excluding ortho intramolecular Hbond substituents is 1. The largest absolute Gasteiger partial charge is 0.506 e. The van der Waals surface area contributed by atoms with Crippen LogP contribution in [0.3, 0.4) is 0 Å². The van der Waals surface area contributed by atoms with Gasteiger partial charge < -0.3 is 10.2 Å². The number of benzene rings is 1. The monoisotopic (exact) mass is 366 g/mol. The number of pyridine rings is 1. The van der Waals surface area contributed by atoms with Crippen molar-refractivity contribution < 1.29 is 19.8 Å². The molecule has 2 aromatic rings. The van der Waals surface area contributed by atoms with E-state index in [2.05, 4.69) is 4.98 Å². The minimum Gasteiger partial charge on any atom is -0.506 e. The Kier molecular flexibility index (Phi) is 4.99. The maximum absolute atomic E-state index is 12.9. The van der Waals surface area contributed by atoms with Crippen LogP contribution in [0, 0.1) is 12.8 Å². The molecule has 3 rings (SSSR count). The minimum atomic E-state index is -0.891. The van der Waals surface area contributed by atoms with E-state index < -0.39 is 17.7 Å². The van der Waals surface area contributed by atoms with Gasteiger partial charge in [0.1, 0.15) is 11.8 Å². The molecule has 0 spiro atoms. The molecule has 0 saturated carbocycles. The smallest absolute Gasteiger partial charge is 0.294 e. The standard InChI is InChI=1S/C21H22N2O4/c1-12(2)10-17(25)18-19(14-6-4-5-9-22-14)23(21(27)20(18)26)15-11-13(3)7-8-16(15)24/h4-9,11-12,19,24,26H,10H2,1-3H3. The summed E-state index contributed by atoms with van der Waals surface area (Å²) in [4.78, 5) is 31.3. The molecule has 1 aromatic carbocycles. The molecule has 0 saturated heterocycles. The summed E-state index contributed by atoms with van der Waals surface area (Å²) in [5, 5.41) is 20.9. The molecule has 0 aliphatic carbocycles. The first kappa shape index (κ1) is 18.6. The topological polar surface area (TPSA) is 90.7 Å². The van der Waals surface area contributed by atoms with Crippen LogP contribution >= 0.6 is 0 Å². The molecule has 1 unspecified atom stereocenters. The fraction of sp³-hybridized carbons (Fsp3) is 0.286. The number of carbonyl (C=O) groups excluding carboxylic acids is 2. The van der Waals surface area contributed by atoms with Crippen LogP contribution in [0.25, 0.3) is 0 Å². The summed E-state index contributed by atoms with van der Waals surface area (Å²) in [6.07, 6.45) is 1.76. The number of aromatic nitrogens is 1. The van der Waals surface area contributed by atoms with Crippen molar-refractivity contribution in [1.29, 1.82) is 0 Å². The third-order valence-electron chi connectivity index (χ3n) is 4.46. The maximum Gasteiger partial charge on any atom is 0.294 e. The number of aliphatic hydroxyl groups is 1. The molecule has 1 aliphatic heterocycles. The molecule has 27 heavy (non-hydrogen) atoms. The van der Waals surface area contributed by atoms with Crippen LogP contribution in [0.4, 0.5) is 5.69 Å². The molecule has 0 fully saturated rings. The summed E-state index contributed by atoms with van der Waals surface area (Å²) in [5.74, 6) is -1.66. The van der Waals surface area contributed by atoms with E-state index in [1.807, 2.05) is 20.8 Å². The van der Waals surface area contributed by atoms with E-state index in [0.717, 1.165) is 5.56 Å². The van der Waals surface area contributed by atoms with E-state index >= 15 is 0 Å². The summed E-state index contributed by atoms with van der Waals surface area (Å²) in [7, 11) is 0. The highest BCUT2D eigenvalue weighted by molar-refractivity contribution is 6.16. The molecule has 1 atom stereocenters.